The summed E-state index contributed by atoms with van der Waals surface area (Å²) < 4.78 is 55.5. The zero-order valence-electron chi connectivity index (χ0n) is 16.7. The molecule has 0 aliphatic carbocycles. The molecule has 0 radical (unpaired) electrons. The van der Waals surface area contributed by atoms with Crippen LogP contribution in [0.1, 0.15) is 17.3 Å². The van der Waals surface area contributed by atoms with E-state index in [4.69, 9.17) is 11.6 Å². The molecule has 1 amide bonds. The quantitative estimate of drug-likeness (QED) is 0.554. The highest BCUT2D eigenvalue weighted by molar-refractivity contribution is 7.87. The molecular weight excluding hydrogens is 480 g/mol. The minimum atomic E-state index is -3.93. The Kier molecular flexibility index (Phi) is 6.33. The lowest BCUT2D eigenvalue weighted by Gasteiger charge is -2.35. The molecule has 1 aliphatic rings. The van der Waals surface area contributed by atoms with Crippen molar-refractivity contribution in [1.82, 2.24) is 9.03 Å². The number of likely N-dealkylation sites (N-methyl/N-ethyl adjacent to an activating group) is 1. The minimum Gasteiger partial charge on any atom is -0.325 e. The number of amides is 1. The number of hydrogen-bond donors (Lipinski definition) is 2. The number of carbonyl (C=O) groups is 1. The van der Waals surface area contributed by atoms with Crippen LogP contribution in [0.4, 0.5) is 14.5 Å². The van der Waals surface area contributed by atoms with Crippen molar-refractivity contribution >= 4 is 44.7 Å². The van der Waals surface area contributed by atoms with Crippen molar-refractivity contribution in [3.8, 4) is 10.4 Å². The fourth-order valence-electron chi connectivity index (χ4n) is 3.41. The van der Waals surface area contributed by atoms with Crippen LogP contribution < -0.4 is 10.0 Å². The Morgan fingerprint density at radius 1 is 1.16 bits per heavy atom. The molecule has 168 valence electrons. The molecule has 0 spiro atoms. The first-order valence-corrected chi connectivity index (χ1v) is 12.1. The van der Waals surface area contributed by atoms with Gasteiger partial charge in [-0.2, -0.15) is 17.4 Å². The van der Waals surface area contributed by atoms with Crippen LogP contribution in [0.25, 0.3) is 10.4 Å². The van der Waals surface area contributed by atoms with Gasteiger partial charge in [0, 0.05) is 22.5 Å². The van der Waals surface area contributed by atoms with Crippen LogP contribution in [0.2, 0.25) is 5.02 Å². The molecule has 4 rings (SSSR count). The molecule has 1 aromatic heterocycles. The third-order valence-corrected chi connectivity index (χ3v) is 8.29. The molecule has 2 aromatic carbocycles. The van der Waals surface area contributed by atoms with Gasteiger partial charge in [0.1, 0.15) is 17.7 Å². The third kappa shape index (κ3) is 4.69. The van der Waals surface area contributed by atoms with Crippen LogP contribution in [0.5, 0.6) is 0 Å². The van der Waals surface area contributed by atoms with Crippen LogP contribution >= 0.6 is 22.9 Å². The van der Waals surface area contributed by atoms with Crippen LogP contribution in [0, 0.1) is 11.6 Å². The SMILES string of the molecule is CN1[C@@H](C(=O)Nc2ccc(F)c(Cl)c2)C[C@@H](c2ccc(-c3ccc(F)cc3)s2)NS1(=O)=O. The maximum atomic E-state index is 13.4. The van der Waals surface area contributed by atoms with E-state index in [0.29, 0.717) is 0 Å². The van der Waals surface area contributed by atoms with Gasteiger partial charge in [-0.3, -0.25) is 4.79 Å². The molecule has 3 aromatic rings. The molecule has 32 heavy (non-hydrogen) atoms. The topological polar surface area (TPSA) is 78.5 Å². The second-order valence-electron chi connectivity index (χ2n) is 7.27. The first-order chi connectivity index (χ1) is 15.1. The second kappa shape index (κ2) is 8.87. The van der Waals surface area contributed by atoms with Crippen LogP contribution in [0.15, 0.2) is 54.6 Å². The van der Waals surface area contributed by atoms with E-state index >= 15 is 0 Å². The number of halogens is 3. The fraction of sp³-hybridized carbons (Fsp3) is 0.190. The van der Waals surface area contributed by atoms with Crippen molar-refractivity contribution in [2.75, 3.05) is 12.4 Å². The van der Waals surface area contributed by atoms with Gasteiger partial charge in [0.15, 0.2) is 0 Å². The smallest absolute Gasteiger partial charge is 0.280 e. The molecule has 0 saturated carbocycles. The van der Waals surface area contributed by atoms with Gasteiger partial charge in [0.25, 0.3) is 10.2 Å². The Bertz CT molecular complexity index is 1270. The number of benzene rings is 2. The lowest BCUT2D eigenvalue weighted by atomic mass is 10.1. The summed E-state index contributed by atoms with van der Waals surface area (Å²) >= 11 is 7.12. The molecule has 1 saturated heterocycles. The number of carbonyl (C=O) groups excluding carboxylic acids is 1. The van der Waals surface area contributed by atoms with Crippen molar-refractivity contribution in [1.29, 1.82) is 0 Å². The maximum Gasteiger partial charge on any atom is 0.280 e. The average molecular weight is 498 g/mol. The largest absolute Gasteiger partial charge is 0.325 e. The highest BCUT2D eigenvalue weighted by Gasteiger charge is 2.41. The Hall–Kier alpha value is -2.37. The summed E-state index contributed by atoms with van der Waals surface area (Å²) in [4.78, 5) is 14.5. The van der Waals surface area contributed by atoms with Gasteiger partial charge < -0.3 is 5.32 Å². The van der Waals surface area contributed by atoms with Crippen molar-refractivity contribution in [3.05, 3.63) is 76.1 Å². The van der Waals surface area contributed by atoms with E-state index in [9.17, 15) is 22.0 Å². The standard InChI is InChI=1S/C21H18ClF2N3O3S2/c1-27-18(21(28)25-14-6-7-16(24)15(22)10-14)11-17(26-32(27,29)30)20-9-8-19(31-20)12-2-4-13(23)5-3-12/h2-10,17-18,26H,11H2,1H3,(H,25,28)/t17-,18+/m0/s1. The van der Waals surface area contributed by atoms with Crippen molar-refractivity contribution in [2.24, 2.45) is 0 Å². The summed E-state index contributed by atoms with van der Waals surface area (Å²) in [6, 6.07) is 11.7. The highest BCUT2D eigenvalue weighted by atomic mass is 35.5. The first-order valence-electron chi connectivity index (χ1n) is 9.51. The zero-order chi connectivity index (χ0) is 23.0. The molecule has 2 N–H and O–H groups in total. The Labute approximate surface area is 193 Å². The normalized spacial score (nSPS) is 20.8. The molecular formula is C21H18ClF2N3O3S2. The average Bonchev–Trinajstić information content (AvgIpc) is 3.23. The number of thiophene rings is 1. The Balaban J connectivity index is 1.56. The lowest BCUT2D eigenvalue weighted by molar-refractivity contribution is -0.120. The fourth-order valence-corrected chi connectivity index (χ4v) is 6.00. The van der Waals surface area contributed by atoms with E-state index in [1.807, 2.05) is 6.07 Å². The summed E-state index contributed by atoms with van der Waals surface area (Å²) in [5, 5.41) is 2.45. The van der Waals surface area contributed by atoms with Crippen molar-refractivity contribution in [3.63, 3.8) is 0 Å². The number of nitrogens with zero attached hydrogens (tertiary/aromatic N) is 1. The van der Waals surface area contributed by atoms with Crippen LogP contribution in [-0.4, -0.2) is 31.7 Å². The predicted molar refractivity (Wildman–Crippen MR) is 121 cm³/mol. The van der Waals surface area contributed by atoms with Crippen LogP contribution in [0.3, 0.4) is 0 Å². The van der Waals surface area contributed by atoms with Gasteiger partial charge >= 0.3 is 0 Å². The summed E-state index contributed by atoms with van der Waals surface area (Å²) in [7, 11) is -2.61. The van der Waals surface area contributed by atoms with Gasteiger partial charge in [-0.1, -0.05) is 23.7 Å². The molecule has 0 unspecified atom stereocenters. The summed E-state index contributed by atoms with van der Waals surface area (Å²) in [5.74, 6) is -1.52. The third-order valence-electron chi connectivity index (χ3n) is 5.16. The second-order valence-corrected chi connectivity index (χ2v) is 10.6. The van der Waals surface area contributed by atoms with Gasteiger partial charge in [-0.15, -0.1) is 11.3 Å². The number of hydrogen-bond acceptors (Lipinski definition) is 4. The van der Waals surface area contributed by atoms with Gasteiger partial charge in [-0.05, 0) is 54.4 Å². The summed E-state index contributed by atoms with van der Waals surface area (Å²) in [6.07, 6.45) is 0.180. The maximum absolute atomic E-state index is 13.4. The molecule has 1 aliphatic heterocycles. The van der Waals surface area contributed by atoms with Gasteiger partial charge in [0.05, 0.1) is 11.1 Å². The molecule has 6 nitrogen and oxygen atoms in total. The number of rotatable bonds is 4. The Morgan fingerprint density at radius 3 is 2.56 bits per heavy atom. The monoisotopic (exact) mass is 497 g/mol. The number of anilines is 1. The lowest BCUT2D eigenvalue weighted by Crippen LogP contribution is -2.55. The molecule has 1 fully saturated rings. The van der Waals surface area contributed by atoms with Gasteiger partial charge in [-0.25, -0.2) is 8.78 Å². The van der Waals surface area contributed by atoms with E-state index < -0.39 is 34.0 Å². The summed E-state index contributed by atoms with van der Waals surface area (Å²) in [6.45, 7) is 0. The van der Waals surface area contributed by atoms with Crippen molar-refractivity contribution < 1.29 is 22.0 Å². The highest BCUT2D eigenvalue weighted by Crippen LogP contribution is 2.36. The van der Waals surface area contributed by atoms with E-state index in [1.54, 1.807) is 18.2 Å². The van der Waals surface area contributed by atoms with Crippen LogP contribution in [-0.2, 0) is 15.0 Å². The van der Waals surface area contributed by atoms with Crippen molar-refractivity contribution in [2.45, 2.75) is 18.5 Å². The Morgan fingerprint density at radius 2 is 1.88 bits per heavy atom. The first kappa shape index (κ1) is 22.8. The van der Waals surface area contributed by atoms with Gasteiger partial charge in [0.2, 0.25) is 5.91 Å². The van der Waals surface area contributed by atoms with E-state index in [0.717, 1.165) is 25.7 Å². The molecule has 2 atom stereocenters. The van der Waals surface area contributed by atoms with E-state index in [1.165, 1.54) is 42.6 Å². The molecule has 2 heterocycles. The minimum absolute atomic E-state index is 0.154. The molecule has 0 bridgehead atoms. The summed E-state index contributed by atoms with van der Waals surface area (Å²) in [5.41, 5.74) is 1.07. The molecule has 11 heteroatoms. The zero-order valence-corrected chi connectivity index (χ0v) is 19.1. The predicted octanol–water partition coefficient (Wildman–Crippen LogP) is 4.57. The van der Waals surface area contributed by atoms with E-state index in [2.05, 4.69) is 10.0 Å². The van der Waals surface area contributed by atoms with E-state index in [-0.39, 0.29) is 22.9 Å². The number of nitrogens with one attached hydrogen (secondary N) is 2.